The Bertz CT molecular complexity index is 44.9. The summed E-state index contributed by atoms with van der Waals surface area (Å²) < 4.78 is 0. The van der Waals surface area contributed by atoms with Crippen molar-refractivity contribution in [3.63, 3.8) is 0 Å². The third kappa shape index (κ3) is 4.02. The highest BCUT2D eigenvalue weighted by molar-refractivity contribution is 7.37. The van der Waals surface area contributed by atoms with E-state index in [2.05, 4.69) is 0 Å². The molecule has 0 bridgehead atoms. The number of rotatable bonds is 1. The normalized spacial score (nSPS) is 11.2. The van der Waals surface area contributed by atoms with E-state index in [0.717, 1.165) is 0 Å². The van der Waals surface area contributed by atoms with E-state index in [-0.39, 0.29) is 0 Å². The summed E-state index contributed by atoms with van der Waals surface area (Å²) in [6.45, 7) is 0. The number of hydrogen-bond acceptors (Lipinski definition) is 3. The summed E-state index contributed by atoms with van der Waals surface area (Å²) in [5.74, 6) is 0. The Labute approximate surface area is 30.6 Å². The first-order chi connectivity index (χ1) is 2.27. The number of aliphatic hydroxyl groups excluding tert-OH is 1. The van der Waals surface area contributed by atoms with Crippen LogP contribution in [0.25, 0.3) is 0 Å². The van der Waals surface area contributed by atoms with E-state index >= 15 is 0 Å². The van der Waals surface area contributed by atoms with Crippen LogP contribution in [0.5, 0.6) is 0 Å². The molecule has 0 aromatic rings. The van der Waals surface area contributed by atoms with Gasteiger partial charge in [-0.15, -0.1) is 5.16 Å². The first kappa shape index (κ1) is 5.02. The minimum atomic E-state index is -2.04. The maximum Gasteiger partial charge on any atom is 0.219 e. The molecule has 0 radical (unpaired) electrons. The molecule has 0 aromatic heterocycles. The van der Waals surface area contributed by atoms with E-state index in [1.165, 1.54) is 0 Å². The largest absolute Gasteiger partial charge is 0.611 e. The van der Waals surface area contributed by atoms with Gasteiger partial charge in [0.2, 0.25) is 6.35 Å². The average molecular weight is 93.0 g/mol. The molecule has 0 aromatic carbocycles. The summed E-state index contributed by atoms with van der Waals surface area (Å²) in [5, 5.41) is 13.8. The second-order valence-electron chi connectivity index (χ2n) is 0.520. The molecule has 5 heavy (non-hydrogen) atoms. The molecule has 0 fully saturated rings. The van der Waals surface area contributed by atoms with E-state index in [4.69, 9.17) is 10.3 Å². The van der Waals surface area contributed by atoms with Crippen molar-refractivity contribution in [2.45, 2.75) is 0 Å². The summed E-state index contributed by atoms with van der Waals surface area (Å²) in [5.41, 5.74) is 0. The van der Waals surface area contributed by atoms with Gasteiger partial charge in [-0.3, -0.25) is 0 Å². The van der Waals surface area contributed by atoms with Gasteiger partial charge in [-0.1, -0.05) is 0 Å². The lowest BCUT2D eigenvalue weighted by molar-refractivity contribution is -0.159. The van der Waals surface area contributed by atoms with Crippen LogP contribution in [0.15, 0.2) is 0 Å². The zero-order valence-corrected chi connectivity index (χ0v) is 3.40. The van der Waals surface area contributed by atoms with E-state index in [0.29, 0.717) is 0 Å². The maximum absolute atomic E-state index is 9.38. The molecule has 0 saturated carbocycles. The monoisotopic (exact) mass is 93.0 g/mol. The summed E-state index contributed by atoms with van der Waals surface area (Å²) in [4.78, 5) is 9.38. The Morgan fingerprint density at radius 1 is 2.00 bits per heavy atom. The van der Waals surface area contributed by atoms with Gasteiger partial charge in [0.1, 0.15) is 0 Å². The average Bonchev–Trinajstić information content (AvgIpc) is 1.38. The van der Waals surface area contributed by atoms with E-state index < -0.39 is 14.3 Å². The fraction of sp³-hybridized carbons (Fsp3) is 1.00. The van der Waals surface area contributed by atoms with Gasteiger partial charge in [0.05, 0.1) is 0 Å². The lowest BCUT2D eigenvalue weighted by atomic mass is 11.7. The van der Waals surface area contributed by atoms with Crippen LogP contribution < -0.4 is 4.89 Å². The molecule has 2 N–H and O–H groups in total. The van der Waals surface area contributed by atoms with Gasteiger partial charge in [0, 0.05) is 0 Å². The highest BCUT2D eigenvalue weighted by atomic mass is 31.1. The van der Waals surface area contributed by atoms with Crippen LogP contribution in [0.2, 0.25) is 0 Å². The standard InChI is InChI=1S/CH4NO2P/c2-5(4)1-3/h2-3H,1H2. The van der Waals surface area contributed by atoms with Crippen molar-refractivity contribution in [2.24, 2.45) is 0 Å². The van der Waals surface area contributed by atoms with Crippen LogP contribution in [0.3, 0.4) is 0 Å². The fourth-order valence-corrected chi connectivity index (χ4v) is 0. The molecule has 0 aliphatic rings. The van der Waals surface area contributed by atoms with Crippen LogP contribution in [0.1, 0.15) is 0 Å². The first-order valence-electron chi connectivity index (χ1n) is 1.04. The van der Waals surface area contributed by atoms with Crippen LogP contribution in [0, 0.1) is 5.16 Å². The van der Waals surface area contributed by atoms with Gasteiger partial charge in [-0.2, -0.15) is 0 Å². The molecule has 0 heterocycles. The van der Waals surface area contributed by atoms with E-state index in [9.17, 15) is 4.89 Å². The molecule has 0 aliphatic heterocycles. The highest BCUT2D eigenvalue weighted by Gasteiger charge is 1.78. The van der Waals surface area contributed by atoms with E-state index in [1.54, 1.807) is 0 Å². The molecule has 1 atom stereocenters. The van der Waals surface area contributed by atoms with Gasteiger partial charge >= 0.3 is 0 Å². The Morgan fingerprint density at radius 2 is 2.20 bits per heavy atom. The summed E-state index contributed by atoms with van der Waals surface area (Å²) in [6.07, 6.45) is -0.519. The second kappa shape index (κ2) is 2.27. The fourth-order valence-electron chi connectivity index (χ4n) is 0. The molecule has 0 aliphatic carbocycles. The molecule has 30 valence electrons. The van der Waals surface area contributed by atoms with Gasteiger partial charge in [0.25, 0.3) is 0 Å². The van der Waals surface area contributed by atoms with Gasteiger partial charge in [-0.25, -0.2) is 0 Å². The minimum absolute atomic E-state index is 0.519. The molecule has 0 amide bonds. The Morgan fingerprint density at radius 3 is 2.20 bits per heavy atom. The third-order valence-corrected chi connectivity index (χ3v) is 0.385. The maximum atomic E-state index is 9.38. The minimum Gasteiger partial charge on any atom is -0.611 e. The molecule has 4 heteroatoms. The van der Waals surface area contributed by atoms with Crippen molar-refractivity contribution in [1.29, 1.82) is 5.16 Å². The molecule has 1 unspecified atom stereocenters. The third-order valence-electron chi connectivity index (χ3n) is 0.128. The SMILES string of the molecule is N=[P+]([O-])CO. The van der Waals surface area contributed by atoms with Crippen LogP contribution in [0.4, 0.5) is 0 Å². The second-order valence-corrected chi connectivity index (χ2v) is 1.56. The molecular weight excluding hydrogens is 89.0 g/mol. The summed E-state index contributed by atoms with van der Waals surface area (Å²) in [6, 6.07) is 0. The Kier molecular flexibility index (Phi) is 2.28. The molecule has 0 rings (SSSR count). The van der Waals surface area contributed by atoms with Crippen molar-refractivity contribution in [2.75, 3.05) is 6.35 Å². The zero-order valence-electron chi connectivity index (χ0n) is 2.51. The van der Waals surface area contributed by atoms with Gasteiger partial charge in [0.15, 0.2) is 7.94 Å². The van der Waals surface area contributed by atoms with Gasteiger partial charge in [-0.05, 0) is 0 Å². The topological polar surface area (TPSA) is 67.1 Å². The highest BCUT2D eigenvalue weighted by Crippen LogP contribution is 2.00. The number of hydrogen-bond donors (Lipinski definition) is 2. The van der Waals surface area contributed by atoms with E-state index in [1.807, 2.05) is 0 Å². The van der Waals surface area contributed by atoms with Crippen molar-refractivity contribution in [3.05, 3.63) is 0 Å². The Hall–Kier alpha value is 0.0200. The predicted octanol–water partition coefficient (Wildman–Crippen LogP) is -0.544. The predicted molar refractivity (Wildman–Crippen MR) is 16.7 cm³/mol. The smallest absolute Gasteiger partial charge is 0.219 e. The van der Waals surface area contributed by atoms with Crippen LogP contribution >= 0.6 is 7.94 Å². The lowest BCUT2D eigenvalue weighted by Gasteiger charge is -1.76. The summed E-state index contributed by atoms with van der Waals surface area (Å²) in [7, 11) is -2.04. The number of nitrogens with one attached hydrogen (secondary N) is 1. The van der Waals surface area contributed by atoms with Crippen molar-refractivity contribution >= 4 is 7.94 Å². The first-order valence-corrected chi connectivity index (χ1v) is 2.48. The summed E-state index contributed by atoms with van der Waals surface area (Å²) >= 11 is 0. The van der Waals surface area contributed by atoms with Gasteiger partial charge < -0.3 is 10.00 Å². The molecule has 0 spiro atoms. The number of aliphatic hydroxyl groups is 1. The van der Waals surface area contributed by atoms with Crippen molar-refractivity contribution in [3.8, 4) is 0 Å². The molecule has 0 saturated heterocycles. The molecular formula is CH4NO2P. The Balaban J connectivity index is 2.85. The lowest BCUT2D eigenvalue weighted by Crippen LogP contribution is -1.86. The quantitative estimate of drug-likeness (QED) is 0.427. The van der Waals surface area contributed by atoms with Crippen LogP contribution in [-0.4, -0.2) is 11.5 Å². The molecule has 3 nitrogen and oxygen atoms in total. The van der Waals surface area contributed by atoms with Crippen LogP contribution in [-0.2, 0) is 0 Å². The van der Waals surface area contributed by atoms with Crippen molar-refractivity contribution in [1.82, 2.24) is 0 Å². The zero-order chi connectivity index (χ0) is 4.28. The van der Waals surface area contributed by atoms with Crippen molar-refractivity contribution < 1.29 is 10.00 Å².